The number of nitrogens with zero attached hydrogens (tertiary/aromatic N) is 2. The van der Waals surface area contributed by atoms with Crippen molar-refractivity contribution in [1.82, 2.24) is 19.5 Å². The molecule has 9 heteroatoms. The van der Waals surface area contributed by atoms with E-state index >= 15 is 0 Å². The third-order valence-corrected chi connectivity index (χ3v) is 7.77. The first kappa shape index (κ1) is 24.9. The summed E-state index contributed by atoms with van der Waals surface area (Å²) in [5.74, 6) is -0.241. The van der Waals surface area contributed by atoms with Crippen LogP contribution in [0.4, 0.5) is 0 Å². The summed E-state index contributed by atoms with van der Waals surface area (Å²) in [6.45, 7) is 1.39. The van der Waals surface area contributed by atoms with Crippen molar-refractivity contribution in [3.63, 3.8) is 0 Å². The van der Waals surface area contributed by atoms with E-state index in [-0.39, 0.29) is 24.8 Å². The molecule has 1 aliphatic heterocycles. The maximum absolute atomic E-state index is 13.1. The van der Waals surface area contributed by atoms with E-state index < -0.39 is 16.1 Å². The number of amides is 2. The summed E-state index contributed by atoms with van der Waals surface area (Å²) in [6, 6.07) is 16.6. The molecule has 1 unspecified atom stereocenters. The van der Waals surface area contributed by atoms with E-state index in [1.165, 1.54) is 10.6 Å². The van der Waals surface area contributed by atoms with Crippen LogP contribution in [0.5, 0.6) is 0 Å². The Hall–Kier alpha value is -3.17. The van der Waals surface area contributed by atoms with Gasteiger partial charge in [0.05, 0.1) is 12.3 Å². The number of H-pyrrole nitrogens is 1. The molecule has 186 valence electrons. The zero-order chi connectivity index (χ0) is 24.8. The lowest BCUT2D eigenvalue weighted by Gasteiger charge is -2.30. The van der Waals surface area contributed by atoms with Crippen molar-refractivity contribution in [2.24, 2.45) is 0 Å². The standard InChI is InChI=1S/C26H32N4O4S/c1-35(33,34)30-16-7-15-29(17-14-27-25(31)18-24(30)20-8-3-2-4-9-20)26(32)13-12-21-19-28-23-11-6-5-10-22(21)23/h2-6,8-11,19,24,28H,7,12-18H2,1H3,(H,27,31). The number of aromatic amines is 1. The second kappa shape index (κ2) is 11.0. The van der Waals surface area contributed by atoms with Gasteiger partial charge in [0.1, 0.15) is 0 Å². The van der Waals surface area contributed by atoms with Gasteiger partial charge in [0.15, 0.2) is 0 Å². The van der Waals surface area contributed by atoms with Crippen molar-refractivity contribution >= 4 is 32.7 Å². The van der Waals surface area contributed by atoms with Gasteiger partial charge in [-0.2, -0.15) is 4.31 Å². The van der Waals surface area contributed by atoms with E-state index in [2.05, 4.69) is 10.3 Å². The van der Waals surface area contributed by atoms with E-state index in [4.69, 9.17) is 0 Å². The van der Waals surface area contributed by atoms with Crippen LogP contribution in [0.1, 0.15) is 36.4 Å². The number of benzene rings is 2. The second-order valence-corrected chi connectivity index (χ2v) is 10.9. The number of sulfonamides is 1. The fourth-order valence-electron chi connectivity index (χ4n) is 4.71. The summed E-state index contributed by atoms with van der Waals surface area (Å²) in [5.41, 5.74) is 2.91. The van der Waals surface area contributed by atoms with Crippen LogP contribution in [0.3, 0.4) is 0 Å². The molecule has 1 aromatic heterocycles. The number of hydrogen-bond acceptors (Lipinski definition) is 4. The summed E-state index contributed by atoms with van der Waals surface area (Å²) < 4.78 is 26.8. The molecule has 0 bridgehead atoms. The van der Waals surface area contributed by atoms with Crippen LogP contribution in [-0.4, -0.2) is 66.9 Å². The van der Waals surface area contributed by atoms with Gasteiger partial charge in [-0.05, 0) is 30.0 Å². The van der Waals surface area contributed by atoms with Gasteiger partial charge in [-0.25, -0.2) is 8.42 Å². The summed E-state index contributed by atoms with van der Waals surface area (Å²) >= 11 is 0. The number of carbonyl (C=O) groups is 2. The lowest BCUT2D eigenvalue weighted by Crippen LogP contribution is -2.39. The molecule has 4 rings (SSSR count). The van der Waals surface area contributed by atoms with Crippen LogP contribution in [0, 0.1) is 0 Å². The van der Waals surface area contributed by atoms with E-state index in [1.54, 1.807) is 4.90 Å². The number of nitrogens with one attached hydrogen (secondary N) is 2. The molecule has 2 heterocycles. The predicted molar refractivity (Wildman–Crippen MR) is 136 cm³/mol. The topological polar surface area (TPSA) is 103 Å². The lowest BCUT2D eigenvalue weighted by atomic mass is 10.0. The van der Waals surface area contributed by atoms with Gasteiger partial charge in [0, 0.05) is 56.1 Å². The molecule has 35 heavy (non-hydrogen) atoms. The third kappa shape index (κ3) is 6.29. The van der Waals surface area contributed by atoms with Gasteiger partial charge >= 0.3 is 0 Å². The Morgan fingerprint density at radius 1 is 1.03 bits per heavy atom. The smallest absolute Gasteiger partial charge is 0.222 e. The molecule has 0 spiro atoms. The first-order valence-electron chi connectivity index (χ1n) is 11.9. The van der Waals surface area contributed by atoms with E-state index in [9.17, 15) is 18.0 Å². The third-order valence-electron chi connectivity index (χ3n) is 6.48. The van der Waals surface area contributed by atoms with Gasteiger partial charge in [-0.1, -0.05) is 48.5 Å². The van der Waals surface area contributed by atoms with Crippen LogP contribution < -0.4 is 5.32 Å². The Kier molecular flexibility index (Phi) is 7.87. The molecule has 2 N–H and O–H groups in total. The zero-order valence-electron chi connectivity index (χ0n) is 19.9. The molecule has 0 radical (unpaired) electrons. The normalized spacial score (nSPS) is 18.7. The van der Waals surface area contributed by atoms with Gasteiger partial charge in [0.25, 0.3) is 0 Å². The fraction of sp³-hybridized carbons (Fsp3) is 0.385. The van der Waals surface area contributed by atoms with Gasteiger partial charge in [-0.3, -0.25) is 9.59 Å². The molecule has 3 aromatic rings. The maximum Gasteiger partial charge on any atom is 0.222 e. The monoisotopic (exact) mass is 496 g/mol. The number of aryl methyl sites for hydroxylation is 1. The van der Waals surface area contributed by atoms with Crippen LogP contribution in [0.15, 0.2) is 60.8 Å². The van der Waals surface area contributed by atoms with E-state index in [0.717, 1.165) is 22.0 Å². The predicted octanol–water partition coefficient (Wildman–Crippen LogP) is 2.84. The number of fused-ring (bicyclic) bond motifs is 1. The fourth-order valence-corrected chi connectivity index (χ4v) is 5.83. The van der Waals surface area contributed by atoms with E-state index in [1.807, 2.05) is 60.8 Å². The highest BCUT2D eigenvalue weighted by atomic mass is 32.2. The van der Waals surface area contributed by atoms with Crippen molar-refractivity contribution in [1.29, 1.82) is 0 Å². The molecular formula is C26H32N4O4S. The van der Waals surface area contributed by atoms with Gasteiger partial charge in [0.2, 0.25) is 21.8 Å². The van der Waals surface area contributed by atoms with Crippen LogP contribution in [0.2, 0.25) is 0 Å². The maximum atomic E-state index is 13.1. The number of para-hydroxylation sites is 1. The van der Waals surface area contributed by atoms with Crippen molar-refractivity contribution < 1.29 is 18.0 Å². The zero-order valence-corrected chi connectivity index (χ0v) is 20.8. The Morgan fingerprint density at radius 2 is 1.77 bits per heavy atom. The van der Waals surface area contributed by atoms with Crippen LogP contribution in [-0.2, 0) is 26.0 Å². The number of aromatic nitrogens is 1. The van der Waals surface area contributed by atoms with Crippen molar-refractivity contribution in [3.8, 4) is 0 Å². The second-order valence-electron chi connectivity index (χ2n) is 8.95. The summed E-state index contributed by atoms with van der Waals surface area (Å²) in [6.07, 6.45) is 4.59. The molecular weight excluding hydrogens is 464 g/mol. The first-order valence-corrected chi connectivity index (χ1v) is 13.8. The number of carbonyl (C=O) groups excluding carboxylic acids is 2. The minimum absolute atomic E-state index is 0.00529. The first-order chi connectivity index (χ1) is 16.8. The van der Waals surface area contributed by atoms with Gasteiger partial charge < -0.3 is 15.2 Å². The molecule has 1 saturated heterocycles. The molecule has 0 saturated carbocycles. The van der Waals surface area contributed by atoms with Gasteiger partial charge in [-0.15, -0.1) is 0 Å². The average molecular weight is 497 g/mol. The minimum atomic E-state index is -3.58. The summed E-state index contributed by atoms with van der Waals surface area (Å²) in [4.78, 5) is 30.8. The molecule has 1 aliphatic rings. The van der Waals surface area contributed by atoms with Crippen molar-refractivity contribution in [2.45, 2.75) is 31.7 Å². The minimum Gasteiger partial charge on any atom is -0.361 e. The van der Waals surface area contributed by atoms with Crippen LogP contribution in [0.25, 0.3) is 10.9 Å². The average Bonchev–Trinajstić information content (AvgIpc) is 3.24. The Labute approximate surface area is 206 Å². The quantitative estimate of drug-likeness (QED) is 0.567. The highest BCUT2D eigenvalue weighted by Gasteiger charge is 2.30. The summed E-state index contributed by atoms with van der Waals surface area (Å²) in [5, 5.41) is 3.98. The SMILES string of the molecule is CS(=O)(=O)N1CCCN(C(=O)CCc2c[nH]c3ccccc23)CCNC(=O)CC1c1ccccc1. The Morgan fingerprint density at radius 3 is 2.54 bits per heavy atom. The molecule has 1 atom stereocenters. The summed E-state index contributed by atoms with van der Waals surface area (Å²) in [7, 11) is -3.58. The van der Waals surface area contributed by atoms with E-state index in [0.29, 0.717) is 38.9 Å². The Balaban J connectivity index is 1.47. The number of hydrogen-bond donors (Lipinski definition) is 2. The molecule has 2 aromatic carbocycles. The molecule has 2 amide bonds. The van der Waals surface area contributed by atoms with Crippen molar-refractivity contribution in [3.05, 3.63) is 71.9 Å². The molecule has 8 nitrogen and oxygen atoms in total. The lowest BCUT2D eigenvalue weighted by molar-refractivity contribution is -0.131. The number of rotatable bonds is 5. The Bertz CT molecular complexity index is 1270. The highest BCUT2D eigenvalue weighted by Crippen LogP contribution is 2.27. The molecule has 1 fully saturated rings. The molecule has 0 aliphatic carbocycles. The van der Waals surface area contributed by atoms with Crippen LogP contribution >= 0.6 is 0 Å². The highest BCUT2D eigenvalue weighted by molar-refractivity contribution is 7.88. The largest absolute Gasteiger partial charge is 0.361 e. The van der Waals surface area contributed by atoms with Crippen molar-refractivity contribution in [2.75, 3.05) is 32.4 Å².